The van der Waals surface area contributed by atoms with Gasteiger partial charge in [-0.05, 0) is 44.8 Å². The van der Waals surface area contributed by atoms with E-state index in [1.54, 1.807) is 31.5 Å². The summed E-state index contributed by atoms with van der Waals surface area (Å²) in [5, 5.41) is 19.4. The summed E-state index contributed by atoms with van der Waals surface area (Å²) < 4.78 is 31.4. The lowest BCUT2D eigenvalue weighted by atomic mass is 10.0. The highest BCUT2D eigenvalue weighted by atomic mass is 19.2. The fraction of sp³-hybridized carbons (Fsp3) is 0.273. The van der Waals surface area contributed by atoms with Crippen LogP contribution in [0.5, 0.6) is 0 Å². The first-order valence-corrected chi connectivity index (χ1v) is 10.2. The van der Waals surface area contributed by atoms with E-state index in [1.807, 2.05) is 31.0 Å². The standard InChI is InChI=1S/C22H23F2N9/c1-14-10-27-22(25)33(30-14)21(29-24)20(23)15-4-5-19-16(8-15)9-17(11-26-19)18-12-28-32(13-18)7-6-31(2)3/h4-5,8-13,20,25H,6-7H2,1-3H3/b25-22?,29-21+. The molecule has 1 N–H and O–H groups in total. The summed E-state index contributed by atoms with van der Waals surface area (Å²) in [6.07, 6.45) is 4.82. The number of hydrogen-bond acceptors (Lipinski definition) is 7. The SMILES string of the molecule is Cc1cnc(=N)n(/C(=N/F)C(F)c2ccc3ncc(-c4cnn(CCN(C)C)c4)cc3c2)n1. The second kappa shape index (κ2) is 9.33. The molecular weight excluding hydrogens is 428 g/mol. The quantitative estimate of drug-likeness (QED) is 0.359. The van der Waals surface area contributed by atoms with Gasteiger partial charge >= 0.3 is 0 Å². The molecule has 0 aliphatic rings. The zero-order valence-corrected chi connectivity index (χ0v) is 18.4. The molecule has 0 spiro atoms. The van der Waals surface area contributed by atoms with Gasteiger partial charge in [-0.2, -0.15) is 14.9 Å². The maximum atomic E-state index is 15.3. The highest BCUT2D eigenvalue weighted by Gasteiger charge is 2.22. The van der Waals surface area contributed by atoms with E-state index < -0.39 is 17.6 Å². The number of benzene rings is 1. The van der Waals surface area contributed by atoms with Crippen molar-refractivity contribution in [2.24, 2.45) is 5.21 Å². The largest absolute Gasteiger partial charge is 0.308 e. The molecule has 0 aliphatic carbocycles. The van der Waals surface area contributed by atoms with Gasteiger partial charge in [0.05, 0.1) is 30.1 Å². The molecule has 0 bridgehead atoms. The van der Waals surface area contributed by atoms with Gasteiger partial charge in [0, 0.05) is 35.5 Å². The van der Waals surface area contributed by atoms with Crippen molar-refractivity contribution in [2.45, 2.75) is 19.6 Å². The molecule has 33 heavy (non-hydrogen) atoms. The minimum absolute atomic E-state index is 0.162. The molecule has 9 nitrogen and oxygen atoms in total. The third kappa shape index (κ3) is 4.82. The first-order chi connectivity index (χ1) is 15.9. The third-order valence-corrected chi connectivity index (χ3v) is 5.10. The van der Waals surface area contributed by atoms with Gasteiger partial charge < -0.3 is 4.90 Å². The molecule has 3 aromatic heterocycles. The first kappa shape index (κ1) is 22.3. The van der Waals surface area contributed by atoms with Gasteiger partial charge in [-0.3, -0.25) is 15.1 Å². The molecule has 1 atom stereocenters. The van der Waals surface area contributed by atoms with Crippen LogP contribution in [-0.2, 0) is 6.54 Å². The number of halogens is 2. The van der Waals surface area contributed by atoms with Gasteiger partial charge in [-0.25, -0.2) is 9.37 Å². The molecule has 0 amide bonds. The fourth-order valence-electron chi connectivity index (χ4n) is 3.34. The Bertz CT molecular complexity index is 1370. The predicted octanol–water partition coefficient (Wildman–Crippen LogP) is 2.88. The zero-order valence-electron chi connectivity index (χ0n) is 18.4. The molecule has 1 unspecified atom stereocenters. The highest BCUT2D eigenvalue weighted by Crippen LogP contribution is 2.27. The summed E-state index contributed by atoms with van der Waals surface area (Å²) in [7, 11) is 4.00. The molecule has 170 valence electrons. The minimum atomic E-state index is -1.96. The van der Waals surface area contributed by atoms with Crippen LogP contribution in [0.1, 0.15) is 17.4 Å². The Hall–Kier alpha value is -3.86. The van der Waals surface area contributed by atoms with Gasteiger partial charge in [-0.1, -0.05) is 15.8 Å². The summed E-state index contributed by atoms with van der Waals surface area (Å²) in [6.45, 7) is 3.22. The van der Waals surface area contributed by atoms with Crippen molar-refractivity contribution >= 4 is 16.7 Å². The minimum Gasteiger partial charge on any atom is -0.308 e. The van der Waals surface area contributed by atoms with E-state index in [0.717, 1.165) is 28.9 Å². The molecule has 1 aromatic carbocycles. The molecule has 3 heterocycles. The number of nitrogens with one attached hydrogen (secondary N) is 1. The molecule has 0 aliphatic heterocycles. The predicted molar refractivity (Wildman–Crippen MR) is 120 cm³/mol. The Labute approximate surface area is 188 Å². The van der Waals surface area contributed by atoms with Crippen molar-refractivity contribution in [3.63, 3.8) is 0 Å². The first-order valence-electron chi connectivity index (χ1n) is 10.2. The van der Waals surface area contributed by atoms with Gasteiger partial charge in [0.25, 0.3) is 0 Å². The average Bonchev–Trinajstić information content (AvgIpc) is 3.29. The monoisotopic (exact) mass is 451 g/mol. The van der Waals surface area contributed by atoms with Crippen LogP contribution in [0.25, 0.3) is 22.0 Å². The van der Waals surface area contributed by atoms with E-state index in [2.05, 4.69) is 30.3 Å². The molecule has 0 saturated carbocycles. The number of pyridine rings is 1. The van der Waals surface area contributed by atoms with E-state index in [0.29, 0.717) is 16.6 Å². The number of rotatable bonds is 6. The van der Waals surface area contributed by atoms with Crippen LogP contribution in [-0.4, -0.2) is 60.9 Å². The van der Waals surface area contributed by atoms with E-state index in [4.69, 9.17) is 5.41 Å². The van der Waals surface area contributed by atoms with Crippen molar-refractivity contribution in [3.8, 4) is 11.1 Å². The van der Waals surface area contributed by atoms with Crippen LogP contribution in [0.4, 0.5) is 8.87 Å². The summed E-state index contributed by atoms with van der Waals surface area (Å²) in [5.74, 6) is -0.665. The molecule has 4 rings (SSSR count). The van der Waals surface area contributed by atoms with Crippen LogP contribution in [0.2, 0.25) is 0 Å². The average molecular weight is 451 g/mol. The molecule has 0 radical (unpaired) electrons. The van der Waals surface area contributed by atoms with Crippen LogP contribution in [0.15, 0.2) is 54.3 Å². The normalized spacial score (nSPS) is 13.1. The number of aryl methyl sites for hydroxylation is 1. The lowest BCUT2D eigenvalue weighted by Crippen LogP contribution is -2.34. The van der Waals surface area contributed by atoms with Crippen molar-refractivity contribution in [1.82, 2.24) is 34.4 Å². The Kier molecular flexibility index (Phi) is 6.31. The second-order valence-electron chi connectivity index (χ2n) is 7.91. The third-order valence-electron chi connectivity index (χ3n) is 5.10. The zero-order chi connectivity index (χ0) is 23.5. The van der Waals surface area contributed by atoms with Crippen molar-refractivity contribution in [3.05, 3.63) is 65.9 Å². The Morgan fingerprint density at radius 2 is 1.97 bits per heavy atom. The van der Waals surface area contributed by atoms with Crippen LogP contribution in [0, 0.1) is 12.3 Å². The molecule has 4 aromatic rings. The topological polar surface area (TPSA) is 101 Å². The highest BCUT2D eigenvalue weighted by molar-refractivity contribution is 5.90. The lowest BCUT2D eigenvalue weighted by Gasteiger charge is -2.13. The fourth-order valence-corrected chi connectivity index (χ4v) is 3.34. The van der Waals surface area contributed by atoms with Gasteiger partial charge in [0.15, 0.2) is 6.17 Å². The maximum absolute atomic E-state index is 15.3. The number of hydrogen-bond donors (Lipinski definition) is 1. The Morgan fingerprint density at radius 3 is 2.73 bits per heavy atom. The number of nitrogens with zero attached hydrogens (tertiary/aromatic N) is 8. The number of aromatic nitrogens is 6. The molecule has 11 heteroatoms. The van der Waals surface area contributed by atoms with E-state index in [-0.39, 0.29) is 5.56 Å². The van der Waals surface area contributed by atoms with Crippen molar-refractivity contribution < 1.29 is 8.87 Å². The Morgan fingerprint density at radius 1 is 1.15 bits per heavy atom. The van der Waals surface area contributed by atoms with Crippen LogP contribution >= 0.6 is 0 Å². The smallest absolute Gasteiger partial charge is 0.244 e. The van der Waals surface area contributed by atoms with Crippen molar-refractivity contribution in [1.29, 1.82) is 5.41 Å². The van der Waals surface area contributed by atoms with E-state index >= 15 is 4.39 Å². The summed E-state index contributed by atoms with van der Waals surface area (Å²) in [4.78, 5) is 10.3. The van der Waals surface area contributed by atoms with Crippen LogP contribution in [0.3, 0.4) is 0 Å². The number of likely N-dealkylation sites (N-methyl/N-ethyl adjacent to an activating group) is 1. The van der Waals surface area contributed by atoms with E-state index in [1.165, 1.54) is 12.3 Å². The number of alkyl halides is 1. The second-order valence-corrected chi connectivity index (χ2v) is 7.91. The molecular formula is C22H23F2N9. The lowest BCUT2D eigenvalue weighted by molar-refractivity contribution is 0.373. The summed E-state index contributed by atoms with van der Waals surface area (Å²) in [5.41, 5.74) is 2.53. The van der Waals surface area contributed by atoms with Gasteiger partial charge in [0.2, 0.25) is 11.5 Å². The molecule has 0 fully saturated rings. The molecule has 0 saturated heterocycles. The number of fused-ring (bicyclic) bond motifs is 1. The maximum Gasteiger partial charge on any atom is 0.244 e. The summed E-state index contributed by atoms with van der Waals surface area (Å²) in [6, 6.07) is 6.64. The van der Waals surface area contributed by atoms with Gasteiger partial charge in [-0.15, -0.1) is 0 Å². The summed E-state index contributed by atoms with van der Waals surface area (Å²) >= 11 is 0. The van der Waals surface area contributed by atoms with E-state index in [9.17, 15) is 4.48 Å². The Balaban J connectivity index is 1.66. The van der Waals surface area contributed by atoms with Crippen LogP contribution < -0.4 is 5.62 Å². The van der Waals surface area contributed by atoms with Crippen molar-refractivity contribution in [2.75, 3.05) is 20.6 Å². The van der Waals surface area contributed by atoms with Gasteiger partial charge in [0.1, 0.15) is 0 Å².